The summed E-state index contributed by atoms with van der Waals surface area (Å²) in [5.74, 6) is 0.900. The molecule has 1 aliphatic rings. The monoisotopic (exact) mass is 374 g/mol. The van der Waals surface area contributed by atoms with Crippen molar-refractivity contribution in [2.24, 2.45) is 10.4 Å². The van der Waals surface area contributed by atoms with Crippen molar-refractivity contribution in [3.8, 4) is 0 Å². The molecular weight excluding hydrogens is 336 g/mol. The standard InChI is InChI=1S/C22H38N4O/c1-5-22(6-2,13-15-27)17-24-21(23-7-3)25-19-12-14-26(16-19)20-10-8-18(4)9-11-20/h8-11,19,27H,5-7,12-17H2,1-4H3,(H2,23,24,25). The zero-order valence-electron chi connectivity index (χ0n) is 17.6. The van der Waals surface area contributed by atoms with Crippen LogP contribution in [-0.4, -0.2) is 49.9 Å². The van der Waals surface area contributed by atoms with Crippen LogP contribution in [0.2, 0.25) is 0 Å². The zero-order valence-corrected chi connectivity index (χ0v) is 17.6. The van der Waals surface area contributed by atoms with E-state index in [2.05, 4.69) is 67.5 Å². The molecule has 1 aromatic carbocycles. The van der Waals surface area contributed by atoms with E-state index in [-0.39, 0.29) is 12.0 Å². The largest absolute Gasteiger partial charge is 0.396 e. The first-order chi connectivity index (χ1) is 13.1. The highest BCUT2D eigenvalue weighted by Crippen LogP contribution is 2.30. The Hall–Kier alpha value is -1.75. The van der Waals surface area contributed by atoms with E-state index in [1.165, 1.54) is 11.3 Å². The van der Waals surface area contributed by atoms with Gasteiger partial charge in [0.15, 0.2) is 5.96 Å². The molecule has 1 fully saturated rings. The first kappa shape index (κ1) is 21.5. The summed E-state index contributed by atoms with van der Waals surface area (Å²) in [5.41, 5.74) is 2.69. The third-order valence-electron chi connectivity index (χ3n) is 5.99. The molecule has 0 spiro atoms. The van der Waals surface area contributed by atoms with Gasteiger partial charge in [0.2, 0.25) is 0 Å². The number of aliphatic hydroxyl groups excluding tert-OH is 1. The number of aliphatic hydroxyl groups is 1. The molecular formula is C22H38N4O. The number of aliphatic imine (C=N–C) groups is 1. The molecule has 2 rings (SSSR count). The van der Waals surface area contributed by atoms with E-state index in [1.54, 1.807) is 0 Å². The van der Waals surface area contributed by atoms with Gasteiger partial charge in [0.05, 0.1) is 0 Å². The van der Waals surface area contributed by atoms with Gasteiger partial charge in [-0.25, -0.2) is 0 Å². The second kappa shape index (κ2) is 10.5. The lowest BCUT2D eigenvalue weighted by molar-refractivity contribution is 0.175. The van der Waals surface area contributed by atoms with Crippen molar-refractivity contribution in [1.29, 1.82) is 0 Å². The van der Waals surface area contributed by atoms with E-state index in [1.807, 2.05) is 0 Å². The highest BCUT2D eigenvalue weighted by Gasteiger charge is 2.27. The lowest BCUT2D eigenvalue weighted by Crippen LogP contribution is -2.45. The molecule has 1 unspecified atom stereocenters. The average molecular weight is 375 g/mol. The highest BCUT2D eigenvalue weighted by molar-refractivity contribution is 5.80. The zero-order chi connectivity index (χ0) is 19.7. The maximum atomic E-state index is 9.43. The molecule has 0 amide bonds. The second-order valence-electron chi connectivity index (χ2n) is 7.79. The third kappa shape index (κ3) is 6.13. The summed E-state index contributed by atoms with van der Waals surface area (Å²) in [6.07, 6.45) is 4.00. The van der Waals surface area contributed by atoms with Gasteiger partial charge in [0, 0.05) is 44.5 Å². The molecule has 152 valence electrons. The Labute approximate surface area is 165 Å². The summed E-state index contributed by atoms with van der Waals surface area (Å²) in [7, 11) is 0. The Morgan fingerprint density at radius 1 is 1.22 bits per heavy atom. The summed E-state index contributed by atoms with van der Waals surface area (Å²) in [4.78, 5) is 7.32. The van der Waals surface area contributed by atoms with Gasteiger partial charge in [-0.3, -0.25) is 4.99 Å². The predicted octanol–water partition coefficient (Wildman–Crippen LogP) is 3.32. The Balaban J connectivity index is 1.98. The molecule has 0 aliphatic carbocycles. The first-order valence-corrected chi connectivity index (χ1v) is 10.5. The van der Waals surface area contributed by atoms with Crippen LogP contribution in [-0.2, 0) is 0 Å². The van der Waals surface area contributed by atoms with Crippen LogP contribution in [0.25, 0.3) is 0 Å². The van der Waals surface area contributed by atoms with E-state index < -0.39 is 0 Å². The van der Waals surface area contributed by atoms with Gasteiger partial charge in [-0.05, 0) is 57.1 Å². The fraction of sp³-hybridized carbons (Fsp3) is 0.682. The minimum Gasteiger partial charge on any atom is -0.396 e. The topological polar surface area (TPSA) is 59.9 Å². The first-order valence-electron chi connectivity index (χ1n) is 10.5. The van der Waals surface area contributed by atoms with Gasteiger partial charge in [-0.2, -0.15) is 0 Å². The fourth-order valence-corrected chi connectivity index (χ4v) is 3.77. The van der Waals surface area contributed by atoms with Gasteiger partial charge in [-0.1, -0.05) is 31.5 Å². The van der Waals surface area contributed by atoms with Crippen molar-refractivity contribution in [2.75, 3.05) is 37.7 Å². The van der Waals surface area contributed by atoms with E-state index >= 15 is 0 Å². The number of aryl methyl sites for hydroxylation is 1. The summed E-state index contributed by atoms with van der Waals surface area (Å²) >= 11 is 0. The summed E-state index contributed by atoms with van der Waals surface area (Å²) < 4.78 is 0. The Kier molecular flexibility index (Phi) is 8.42. The molecule has 5 nitrogen and oxygen atoms in total. The molecule has 1 atom stereocenters. The minimum atomic E-state index is 0.0979. The van der Waals surface area contributed by atoms with Crippen molar-refractivity contribution in [2.45, 2.75) is 59.4 Å². The van der Waals surface area contributed by atoms with E-state index in [4.69, 9.17) is 4.99 Å². The number of guanidine groups is 1. The van der Waals surface area contributed by atoms with Crippen LogP contribution in [0.15, 0.2) is 29.3 Å². The van der Waals surface area contributed by atoms with Gasteiger partial charge >= 0.3 is 0 Å². The van der Waals surface area contributed by atoms with Crippen molar-refractivity contribution < 1.29 is 5.11 Å². The van der Waals surface area contributed by atoms with Crippen molar-refractivity contribution in [3.63, 3.8) is 0 Å². The summed E-state index contributed by atoms with van der Waals surface area (Å²) in [6.45, 7) is 12.5. The average Bonchev–Trinajstić information content (AvgIpc) is 3.14. The molecule has 0 aromatic heterocycles. The van der Waals surface area contributed by atoms with Crippen LogP contribution < -0.4 is 15.5 Å². The Morgan fingerprint density at radius 2 is 1.93 bits per heavy atom. The molecule has 0 radical (unpaired) electrons. The summed E-state index contributed by atoms with van der Waals surface area (Å²) in [6, 6.07) is 9.18. The molecule has 1 heterocycles. The lowest BCUT2D eigenvalue weighted by atomic mass is 9.79. The van der Waals surface area contributed by atoms with E-state index in [0.717, 1.165) is 57.8 Å². The van der Waals surface area contributed by atoms with Crippen LogP contribution >= 0.6 is 0 Å². The highest BCUT2D eigenvalue weighted by atomic mass is 16.3. The maximum absolute atomic E-state index is 9.43. The van der Waals surface area contributed by atoms with Crippen LogP contribution in [0.4, 0.5) is 5.69 Å². The maximum Gasteiger partial charge on any atom is 0.191 e. The number of hydrogen-bond acceptors (Lipinski definition) is 3. The second-order valence-corrected chi connectivity index (χ2v) is 7.79. The molecule has 1 aliphatic heterocycles. The van der Waals surface area contributed by atoms with Gasteiger partial charge < -0.3 is 20.6 Å². The van der Waals surface area contributed by atoms with Gasteiger partial charge in [-0.15, -0.1) is 0 Å². The van der Waals surface area contributed by atoms with Crippen molar-refractivity contribution >= 4 is 11.6 Å². The number of nitrogens with one attached hydrogen (secondary N) is 2. The van der Waals surface area contributed by atoms with Crippen molar-refractivity contribution in [1.82, 2.24) is 10.6 Å². The quantitative estimate of drug-likeness (QED) is 0.458. The summed E-state index contributed by atoms with van der Waals surface area (Å²) in [5, 5.41) is 16.4. The van der Waals surface area contributed by atoms with Gasteiger partial charge in [0.25, 0.3) is 0 Å². The molecule has 3 N–H and O–H groups in total. The van der Waals surface area contributed by atoms with Crippen molar-refractivity contribution in [3.05, 3.63) is 29.8 Å². The molecule has 0 saturated carbocycles. The van der Waals surface area contributed by atoms with E-state index in [9.17, 15) is 5.11 Å². The van der Waals surface area contributed by atoms with Crippen LogP contribution in [0, 0.1) is 12.3 Å². The third-order valence-corrected chi connectivity index (χ3v) is 5.99. The Morgan fingerprint density at radius 3 is 2.52 bits per heavy atom. The predicted molar refractivity (Wildman–Crippen MR) is 116 cm³/mol. The normalized spacial score (nSPS) is 18.0. The molecule has 5 heteroatoms. The molecule has 0 bridgehead atoms. The number of anilines is 1. The number of rotatable bonds is 9. The smallest absolute Gasteiger partial charge is 0.191 e. The number of nitrogens with zero attached hydrogens (tertiary/aromatic N) is 2. The number of hydrogen-bond donors (Lipinski definition) is 3. The SMILES string of the molecule is CCNC(=NCC(CC)(CC)CCO)NC1CCN(c2ccc(C)cc2)C1. The van der Waals surface area contributed by atoms with Crippen LogP contribution in [0.1, 0.15) is 52.0 Å². The van der Waals surface area contributed by atoms with Crippen LogP contribution in [0.5, 0.6) is 0 Å². The van der Waals surface area contributed by atoms with Gasteiger partial charge in [0.1, 0.15) is 0 Å². The van der Waals surface area contributed by atoms with E-state index in [0.29, 0.717) is 6.04 Å². The molecule has 27 heavy (non-hydrogen) atoms. The minimum absolute atomic E-state index is 0.0979. The van der Waals surface area contributed by atoms with Crippen LogP contribution in [0.3, 0.4) is 0 Å². The Bertz CT molecular complexity index is 580. The number of benzene rings is 1. The molecule has 1 saturated heterocycles. The fourth-order valence-electron chi connectivity index (χ4n) is 3.77. The lowest BCUT2D eigenvalue weighted by Gasteiger charge is -2.30. The molecule has 1 aromatic rings.